The van der Waals surface area contributed by atoms with Gasteiger partial charge in [-0.3, -0.25) is 0 Å². The normalized spacial score (nSPS) is 16.6. The molecule has 2 atom stereocenters. The molecular formula is C26H43FN2S. The Balaban J connectivity index is 0.000000467. The van der Waals surface area contributed by atoms with Crippen molar-refractivity contribution in [2.24, 2.45) is 17.3 Å². The van der Waals surface area contributed by atoms with E-state index in [0.29, 0.717) is 5.70 Å². The van der Waals surface area contributed by atoms with Gasteiger partial charge in [0.15, 0.2) is 0 Å². The number of benzene rings is 1. The van der Waals surface area contributed by atoms with Crippen molar-refractivity contribution in [3.63, 3.8) is 0 Å². The van der Waals surface area contributed by atoms with Gasteiger partial charge >= 0.3 is 0 Å². The maximum absolute atomic E-state index is 14.4. The van der Waals surface area contributed by atoms with E-state index < -0.39 is 0 Å². The fraction of sp³-hybridized carbons (Fsp3) is 0.615. The highest BCUT2D eigenvalue weighted by atomic mass is 32.2. The first-order chi connectivity index (χ1) is 14.0. The Bertz CT molecular complexity index is 669. The lowest BCUT2D eigenvalue weighted by Gasteiger charge is -2.30. The van der Waals surface area contributed by atoms with Crippen LogP contribution >= 0.6 is 11.9 Å². The molecule has 1 N–H and O–H groups in total. The van der Waals surface area contributed by atoms with E-state index in [9.17, 15) is 4.48 Å². The van der Waals surface area contributed by atoms with Gasteiger partial charge in [0.1, 0.15) is 5.37 Å². The molecule has 0 heterocycles. The van der Waals surface area contributed by atoms with Crippen LogP contribution in [0.5, 0.6) is 0 Å². The summed E-state index contributed by atoms with van der Waals surface area (Å²) in [5.74, 6) is 2.10. The van der Waals surface area contributed by atoms with E-state index in [0.717, 1.165) is 28.2 Å². The van der Waals surface area contributed by atoms with E-state index in [1.165, 1.54) is 43.2 Å². The van der Waals surface area contributed by atoms with E-state index in [1.54, 1.807) is 6.92 Å². The minimum Gasteiger partial charge on any atom is -0.328 e. The molecule has 2 rings (SSSR count). The van der Waals surface area contributed by atoms with Crippen LogP contribution in [0.3, 0.4) is 0 Å². The zero-order chi connectivity index (χ0) is 22.9. The maximum Gasteiger partial charge on any atom is 0.123 e. The van der Waals surface area contributed by atoms with Crippen LogP contribution in [0, 0.1) is 24.2 Å². The molecule has 1 aromatic carbocycles. The molecule has 1 aromatic rings. The molecule has 1 aliphatic rings. The van der Waals surface area contributed by atoms with Crippen molar-refractivity contribution in [2.75, 3.05) is 4.72 Å². The summed E-state index contributed by atoms with van der Waals surface area (Å²) in [7, 11) is 0. The molecule has 2 nitrogen and oxygen atoms in total. The minimum atomic E-state index is -0.342. The van der Waals surface area contributed by atoms with Gasteiger partial charge in [-0.15, -0.1) is 0 Å². The number of nitrogens with one attached hydrogen (secondary N) is 1. The summed E-state index contributed by atoms with van der Waals surface area (Å²) in [4.78, 5) is 0. The SMILES string of the molecule is C=C(/C=C(\C)N(F)C(C)SNc1ccc(C)cc1)C(C)(C)C.CCC(C)C1CCC1. The number of nitrogens with zero attached hydrogens (tertiary/aromatic N) is 1. The predicted octanol–water partition coefficient (Wildman–Crippen LogP) is 8.93. The van der Waals surface area contributed by atoms with Gasteiger partial charge in [-0.2, -0.15) is 0 Å². The van der Waals surface area contributed by atoms with Gasteiger partial charge in [0.2, 0.25) is 0 Å². The van der Waals surface area contributed by atoms with E-state index in [1.807, 2.05) is 44.2 Å². The van der Waals surface area contributed by atoms with Crippen LogP contribution in [0.2, 0.25) is 0 Å². The lowest BCUT2D eigenvalue weighted by atomic mass is 9.76. The summed E-state index contributed by atoms with van der Waals surface area (Å²) in [6, 6.07) is 8.03. The smallest absolute Gasteiger partial charge is 0.123 e. The van der Waals surface area contributed by atoms with Crippen molar-refractivity contribution in [1.82, 2.24) is 5.12 Å². The quantitative estimate of drug-likeness (QED) is 0.190. The van der Waals surface area contributed by atoms with Crippen molar-refractivity contribution < 1.29 is 4.48 Å². The van der Waals surface area contributed by atoms with Crippen molar-refractivity contribution in [1.29, 1.82) is 0 Å². The van der Waals surface area contributed by atoms with E-state index in [-0.39, 0.29) is 10.8 Å². The lowest BCUT2D eigenvalue weighted by molar-refractivity contribution is 0.0634. The molecular weight excluding hydrogens is 391 g/mol. The fourth-order valence-electron chi connectivity index (χ4n) is 2.98. The van der Waals surface area contributed by atoms with E-state index in [2.05, 4.69) is 45.9 Å². The number of hydrogen-bond acceptors (Lipinski definition) is 3. The molecule has 1 fully saturated rings. The van der Waals surface area contributed by atoms with Gasteiger partial charge in [0.05, 0.1) is 0 Å². The number of rotatable bonds is 8. The molecule has 0 radical (unpaired) electrons. The summed E-state index contributed by atoms with van der Waals surface area (Å²) in [6.07, 6.45) is 7.70. The van der Waals surface area contributed by atoms with Crippen LogP contribution in [0.1, 0.15) is 79.7 Å². The molecule has 0 spiro atoms. The van der Waals surface area contributed by atoms with Crippen molar-refractivity contribution in [3.05, 3.63) is 53.8 Å². The van der Waals surface area contributed by atoms with Crippen molar-refractivity contribution in [2.45, 2.75) is 86.4 Å². The average Bonchev–Trinajstić information content (AvgIpc) is 2.64. The zero-order valence-corrected chi connectivity index (χ0v) is 21.2. The molecule has 0 aromatic heterocycles. The topological polar surface area (TPSA) is 15.3 Å². The summed E-state index contributed by atoms with van der Waals surface area (Å²) >= 11 is 1.34. The Labute approximate surface area is 189 Å². The number of anilines is 1. The van der Waals surface area contributed by atoms with E-state index in [4.69, 9.17) is 0 Å². The third-order valence-corrected chi connectivity index (χ3v) is 6.88. The summed E-state index contributed by atoms with van der Waals surface area (Å²) in [6.45, 7) is 20.5. The third-order valence-electron chi connectivity index (χ3n) is 6.00. The summed E-state index contributed by atoms with van der Waals surface area (Å²) in [5.41, 5.74) is 3.59. The van der Waals surface area contributed by atoms with Gasteiger partial charge in [0.25, 0.3) is 0 Å². The van der Waals surface area contributed by atoms with Gasteiger partial charge in [0, 0.05) is 11.4 Å². The molecule has 0 amide bonds. The van der Waals surface area contributed by atoms with Gasteiger partial charge in [-0.25, -0.2) is 5.12 Å². The Morgan fingerprint density at radius 3 is 2.23 bits per heavy atom. The molecule has 1 saturated carbocycles. The first-order valence-electron chi connectivity index (χ1n) is 11.3. The van der Waals surface area contributed by atoms with Crippen LogP contribution in [0.15, 0.2) is 48.2 Å². The van der Waals surface area contributed by atoms with Crippen LogP contribution in [-0.2, 0) is 0 Å². The Hall–Kier alpha value is -1.42. The highest BCUT2D eigenvalue weighted by molar-refractivity contribution is 8.01. The van der Waals surface area contributed by atoms with Crippen LogP contribution in [-0.4, -0.2) is 10.5 Å². The van der Waals surface area contributed by atoms with Crippen molar-refractivity contribution >= 4 is 17.6 Å². The Morgan fingerprint density at radius 2 is 1.83 bits per heavy atom. The zero-order valence-electron chi connectivity index (χ0n) is 20.4. The maximum atomic E-state index is 14.4. The van der Waals surface area contributed by atoms with Gasteiger partial charge in [-0.1, -0.05) is 89.1 Å². The van der Waals surface area contributed by atoms with Gasteiger partial charge < -0.3 is 4.72 Å². The van der Waals surface area contributed by atoms with Crippen LogP contribution in [0.25, 0.3) is 0 Å². The second kappa shape index (κ2) is 12.4. The molecule has 2 unspecified atom stereocenters. The highest BCUT2D eigenvalue weighted by Gasteiger charge is 2.22. The Morgan fingerprint density at radius 1 is 1.27 bits per heavy atom. The lowest BCUT2D eigenvalue weighted by Crippen LogP contribution is -2.22. The summed E-state index contributed by atoms with van der Waals surface area (Å²) < 4.78 is 17.5. The molecule has 0 aliphatic heterocycles. The Kier molecular flexibility index (Phi) is 11.0. The monoisotopic (exact) mass is 434 g/mol. The molecule has 1 aliphatic carbocycles. The van der Waals surface area contributed by atoms with E-state index >= 15 is 0 Å². The molecule has 0 saturated heterocycles. The minimum absolute atomic E-state index is 0.0569. The first-order valence-corrected chi connectivity index (χ1v) is 12.1. The fourth-order valence-corrected chi connectivity index (χ4v) is 3.68. The first kappa shape index (κ1) is 26.6. The second-order valence-corrected chi connectivity index (χ2v) is 10.8. The summed E-state index contributed by atoms with van der Waals surface area (Å²) in [5, 5.41) is 0.424. The standard InChI is InChI=1S/C18H27FN2S.C8H16/c1-13-8-10-17(11-9-13)20-22-16(4)21(19)15(3)12-14(2)18(5,6)7;1-3-7(2)8-5-4-6-8/h8-12,16,20H,2H2,1,3-7H3;7-8H,3-6H2,1-2H3/b15-12+;. The molecule has 0 bridgehead atoms. The number of allylic oxidation sites excluding steroid dienone is 3. The molecule has 170 valence electrons. The van der Waals surface area contributed by atoms with Crippen molar-refractivity contribution in [3.8, 4) is 0 Å². The van der Waals surface area contributed by atoms with Crippen LogP contribution in [0.4, 0.5) is 10.2 Å². The number of aryl methyl sites for hydroxylation is 1. The van der Waals surface area contributed by atoms with Gasteiger partial charge in [-0.05, 0) is 73.8 Å². The largest absolute Gasteiger partial charge is 0.328 e. The highest BCUT2D eigenvalue weighted by Crippen LogP contribution is 2.34. The second-order valence-electron chi connectivity index (χ2n) is 9.63. The number of halogens is 1. The predicted molar refractivity (Wildman–Crippen MR) is 134 cm³/mol. The molecule has 4 heteroatoms. The van der Waals surface area contributed by atoms with Crippen LogP contribution < -0.4 is 4.72 Å². The molecule has 30 heavy (non-hydrogen) atoms. The third kappa shape index (κ3) is 9.16. The average molecular weight is 435 g/mol. The number of hydrogen-bond donors (Lipinski definition) is 1.